The molecule has 0 radical (unpaired) electrons. The van der Waals surface area contributed by atoms with Crippen molar-refractivity contribution in [2.45, 2.75) is 32.7 Å². The fourth-order valence-electron chi connectivity index (χ4n) is 3.38. The van der Waals surface area contributed by atoms with E-state index >= 15 is 0 Å². The Morgan fingerprint density at radius 2 is 1.80 bits per heavy atom. The van der Waals surface area contributed by atoms with E-state index in [0.29, 0.717) is 19.5 Å². The van der Waals surface area contributed by atoms with E-state index < -0.39 is 0 Å². The molecule has 3 amide bonds. The van der Waals surface area contributed by atoms with Crippen molar-refractivity contribution >= 4 is 29.1 Å². The topological polar surface area (TPSA) is 87.7 Å². The van der Waals surface area contributed by atoms with E-state index in [0.717, 1.165) is 29.1 Å². The van der Waals surface area contributed by atoms with Crippen LogP contribution in [0.3, 0.4) is 0 Å². The second-order valence-electron chi connectivity index (χ2n) is 7.32. The van der Waals surface area contributed by atoms with Crippen molar-refractivity contribution in [2.24, 2.45) is 5.92 Å². The van der Waals surface area contributed by atoms with Gasteiger partial charge in [-0.25, -0.2) is 0 Å². The summed E-state index contributed by atoms with van der Waals surface area (Å²) in [7, 11) is 1.59. The van der Waals surface area contributed by atoms with Crippen LogP contribution in [0.4, 0.5) is 11.4 Å². The fraction of sp³-hybridized carbons (Fsp3) is 0.348. The summed E-state index contributed by atoms with van der Waals surface area (Å²) < 4.78 is 5.14. The molecule has 1 atom stereocenters. The number of hydrogen-bond donors (Lipinski definition) is 2. The molecule has 7 nitrogen and oxygen atoms in total. The van der Waals surface area contributed by atoms with Gasteiger partial charge in [-0.2, -0.15) is 0 Å². The molecule has 2 N–H and O–H groups in total. The van der Waals surface area contributed by atoms with Crippen LogP contribution in [-0.4, -0.2) is 31.4 Å². The first-order chi connectivity index (χ1) is 14.5. The van der Waals surface area contributed by atoms with Gasteiger partial charge in [0.1, 0.15) is 5.75 Å². The van der Waals surface area contributed by atoms with Crippen LogP contribution in [0.2, 0.25) is 0 Å². The third-order valence-electron chi connectivity index (χ3n) is 5.06. The maximum Gasteiger partial charge on any atom is 0.227 e. The first-order valence-electron chi connectivity index (χ1n) is 10.1. The fourth-order valence-corrected chi connectivity index (χ4v) is 3.38. The summed E-state index contributed by atoms with van der Waals surface area (Å²) in [5.74, 6) is 0.126. The number of ether oxygens (including phenoxy) is 1. The molecular weight excluding hydrogens is 382 g/mol. The van der Waals surface area contributed by atoms with E-state index in [9.17, 15) is 14.4 Å². The molecule has 0 spiro atoms. The van der Waals surface area contributed by atoms with Gasteiger partial charge in [0.05, 0.1) is 13.0 Å². The van der Waals surface area contributed by atoms with Crippen molar-refractivity contribution in [1.29, 1.82) is 0 Å². The van der Waals surface area contributed by atoms with E-state index in [1.54, 1.807) is 24.1 Å². The Morgan fingerprint density at radius 1 is 1.10 bits per heavy atom. The van der Waals surface area contributed by atoms with Crippen molar-refractivity contribution in [3.8, 4) is 5.75 Å². The molecule has 30 heavy (non-hydrogen) atoms. The lowest BCUT2D eigenvalue weighted by Gasteiger charge is -2.17. The van der Waals surface area contributed by atoms with Crippen LogP contribution in [0.5, 0.6) is 5.75 Å². The minimum absolute atomic E-state index is 0.00846. The van der Waals surface area contributed by atoms with Crippen LogP contribution >= 0.6 is 0 Å². The minimum atomic E-state index is -0.382. The molecule has 1 aliphatic rings. The first kappa shape index (κ1) is 21.4. The van der Waals surface area contributed by atoms with Gasteiger partial charge in [-0.1, -0.05) is 19.1 Å². The SMILES string of the molecule is CCCC(=O)Nc1ccc(CNC(=O)C2CC(=O)N(c3ccc(OC)cc3)C2)cc1. The lowest BCUT2D eigenvalue weighted by atomic mass is 10.1. The first-order valence-corrected chi connectivity index (χ1v) is 10.1. The summed E-state index contributed by atoms with van der Waals surface area (Å²) in [6.07, 6.45) is 1.49. The number of carbonyl (C=O) groups is 3. The number of nitrogens with one attached hydrogen (secondary N) is 2. The van der Waals surface area contributed by atoms with E-state index in [2.05, 4.69) is 10.6 Å². The average molecular weight is 409 g/mol. The Morgan fingerprint density at radius 3 is 2.43 bits per heavy atom. The number of amides is 3. The third kappa shape index (κ3) is 5.37. The highest BCUT2D eigenvalue weighted by atomic mass is 16.5. The van der Waals surface area contributed by atoms with E-state index in [-0.39, 0.29) is 30.1 Å². The number of hydrogen-bond acceptors (Lipinski definition) is 4. The molecule has 7 heteroatoms. The Balaban J connectivity index is 1.51. The molecule has 2 aromatic rings. The summed E-state index contributed by atoms with van der Waals surface area (Å²) >= 11 is 0. The van der Waals surface area contributed by atoms with E-state index in [1.165, 1.54) is 0 Å². The smallest absolute Gasteiger partial charge is 0.227 e. The van der Waals surface area contributed by atoms with Gasteiger partial charge in [0.2, 0.25) is 17.7 Å². The average Bonchev–Trinajstić information content (AvgIpc) is 3.15. The van der Waals surface area contributed by atoms with Gasteiger partial charge < -0.3 is 20.3 Å². The molecule has 1 unspecified atom stereocenters. The number of carbonyl (C=O) groups excluding carboxylic acids is 3. The zero-order chi connectivity index (χ0) is 21.5. The molecule has 0 saturated carbocycles. The Labute approximate surface area is 176 Å². The molecule has 0 aliphatic carbocycles. The maximum atomic E-state index is 12.6. The van der Waals surface area contributed by atoms with Crippen molar-refractivity contribution in [3.05, 3.63) is 54.1 Å². The maximum absolute atomic E-state index is 12.6. The molecule has 0 bridgehead atoms. The highest BCUT2D eigenvalue weighted by Crippen LogP contribution is 2.27. The van der Waals surface area contributed by atoms with Gasteiger partial charge in [0, 0.05) is 37.3 Å². The summed E-state index contributed by atoms with van der Waals surface area (Å²) in [6.45, 7) is 2.69. The molecule has 1 fully saturated rings. The van der Waals surface area contributed by atoms with Crippen molar-refractivity contribution in [3.63, 3.8) is 0 Å². The highest BCUT2D eigenvalue weighted by Gasteiger charge is 2.34. The Hall–Kier alpha value is -3.35. The summed E-state index contributed by atoms with van der Waals surface area (Å²) in [5.41, 5.74) is 2.42. The van der Waals surface area contributed by atoms with Gasteiger partial charge in [-0.05, 0) is 48.4 Å². The predicted octanol–water partition coefficient (Wildman–Crippen LogP) is 3.10. The molecule has 1 aliphatic heterocycles. The quantitative estimate of drug-likeness (QED) is 0.701. The largest absolute Gasteiger partial charge is 0.497 e. The van der Waals surface area contributed by atoms with Gasteiger partial charge in [-0.3, -0.25) is 14.4 Å². The molecular formula is C23H27N3O4. The minimum Gasteiger partial charge on any atom is -0.497 e. The molecule has 1 saturated heterocycles. The second kappa shape index (κ2) is 9.91. The van der Waals surface area contributed by atoms with Gasteiger partial charge >= 0.3 is 0 Å². The molecule has 3 rings (SSSR count). The lowest BCUT2D eigenvalue weighted by Crippen LogP contribution is -2.32. The summed E-state index contributed by atoms with van der Waals surface area (Å²) in [6, 6.07) is 14.6. The van der Waals surface area contributed by atoms with Crippen LogP contribution in [0, 0.1) is 5.92 Å². The number of benzene rings is 2. The number of nitrogens with zero attached hydrogens (tertiary/aromatic N) is 1. The number of anilines is 2. The molecule has 0 aromatic heterocycles. The third-order valence-corrected chi connectivity index (χ3v) is 5.06. The van der Waals surface area contributed by atoms with Crippen LogP contribution in [0.1, 0.15) is 31.7 Å². The monoisotopic (exact) mass is 409 g/mol. The zero-order valence-electron chi connectivity index (χ0n) is 17.3. The van der Waals surface area contributed by atoms with Crippen LogP contribution in [0.15, 0.2) is 48.5 Å². The molecule has 2 aromatic carbocycles. The number of rotatable bonds is 8. The second-order valence-corrected chi connectivity index (χ2v) is 7.32. The number of methoxy groups -OCH3 is 1. The summed E-state index contributed by atoms with van der Waals surface area (Å²) in [5, 5.41) is 5.74. The van der Waals surface area contributed by atoms with Gasteiger partial charge in [-0.15, -0.1) is 0 Å². The Kier molecular flexibility index (Phi) is 7.06. The Bertz CT molecular complexity index is 894. The van der Waals surface area contributed by atoms with Crippen molar-refractivity contribution in [1.82, 2.24) is 5.32 Å². The van der Waals surface area contributed by atoms with Crippen molar-refractivity contribution < 1.29 is 19.1 Å². The van der Waals surface area contributed by atoms with Crippen molar-refractivity contribution in [2.75, 3.05) is 23.9 Å². The summed E-state index contributed by atoms with van der Waals surface area (Å²) in [4.78, 5) is 38.2. The van der Waals surface area contributed by atoms with Gasteiger partial charge in [0.25, 0.3) is 0 Å². The van der Waals surface area contributed by atoms with Gasteiger partial charge in [0.15, 0.2) is 0 Å². The van der Waals surface area contributed by atoms with Crippen LogP contribution < -0.4 is 20.3 Å². The standard InChI is InChI=1S/C23H27N3O4/c1-3-4-21(27)25-18-7-5-16(6-8-18)14-24-23(29)17-13-22(28)26(15-17)19-9-11-20(30-2)12-10-19/h5-12,17H,3-4,13-15H2,1-2H3,(H,24,29)(H,25,27). The van der Waals surface area contributed by atoms with E-state index in [1.807, 2.05) is 43.3 Å². The molecule has 158 valence electrons. The van der Waals surface area contributed by atoms with Crippen LogP contribution in [0.25, 0.3) is 0 Å². The normalized spacial score (nSPS) is 15.7. The molecule has 1 heterocycles. The predicted molar refractivity (Wildman–Crippen MR) is 115 cm³/mol. The van der Waals surface area contributed by atoms with E-state index in [4.69, 9.17) is 4.74 Å². The lowest BCUT2D eigenvalue weighted by molar-refractivity contribution is -0.126. The van der Waals surface area contributed by atoms with Crippen LogP contribution in [-0.2, 0) is 20.9 Å². The highest BCUT2D eigenvalue weighted by molar-refractivity contribution is 6.00. The zero-order valence-corrected chi connectivity index (χ0v) is 17.3.